The van der Waals surface area contributed by atoms with Gasteiger partial charge in [-0.25, -0.2) is 8.42 Å². The molecule has 0 aliphatic heterocycles. The van der Waals surface area contributed by atoms with Gasteiger partial charge in [0.2, 0.25) is 0 Å². The lowest BCUT2D eigenvalue weighted by molar-refractivity contribution is 0.395. The molecule has 0 spiro atoms. The molecular weight excluding hydrogens is 270 g/mol. The van der Waals surface area contributed by atoms with E-state index in [1.165, 1.54) is 26.6 Å². The molecule has 1 aromatic carbocycles. The Balaban J connectivity index is 2.34. The average molecular weight is 283 g/mol. The molecule has 0 aliphatic rings. The number of aromatic amines is 1. The quantitative estimate of drug-likeness (QED) is 0.860. The second-order valence-corrected chi connectivity index (χ2v) is 5.29. The predicted molar refractivity (Wildman–Crippen MR) is 68.9 cm³/mol. The van der Waals surface area contributed by atoms with Crippen LogP contribution in [-0.2, 0) is 10.0 Å². The van der Waals surface area contributed by atoms with Gasteiger partial charge in [-0.3, -0.25) is 9.82 Å². The van der Waals surface area contributed by atoms with Crippen molar-refractivity contribution in [2.45, 2.75) is 4.90 Å². The number of nitrogens with one attached hydrogen (secondary N) is 2. The molecule has 2 N–H and O–H groups in total. The molecule has 7 nitrogen and oxygen atoms in total. The number of H-pyrrole nitrogens is 1. The minimum Gasteiger partial charge on any atom is -0.497 e. The lowest BCUT2D eigenvalue weighted by Crippen LogP contribution is -2.13. The molecule has 0 atom stereocenters. The molecule has 2 rings (SSSR count). The zero-order valence-electron chi connectivity index (χ0n) is 10.4. The van der Waals surface area contributed by atoms with Gasteiger partial charge in [0.15, 0.2) is 0 Å². The fourth-order valence-electron chi connectivity index (χ4n) is 1.47. The van der Waals surface area contributed by atoms with Crippen molar-refractivity contribution < 1.29 is 17.9 Å². The van der Waals surface area contributed by atoms with Gasteiger partial charge in [-0.05, 0) is 12.1 Å². The van der Waals surface area contributed by atoms with E-state index in [0.29, 0.717) is 17.2 Å². The van der Waals surface area contributed by atoms with Gasteiger partial charge in [0, 0.05) is 12.3 Å². The predicted octanol–water partition coefficient (Wildman–Crippen LogP) is 1.23. The van der Waals surface area contributed by atoms with Crippen LogP contribution in [0.15, 0.2) is 35.5 Å². The molecule has 8 heteroatoms. The molecule has 0 fully saturated rings. The summed E-state index contributed by atoms with van der Waals surface area (Å²) >= 11 is 0. The summed E-state index contributed by atoms with van der Waals surface area (Å²) in [6.07, 6.45) is 2.51. The summed E-state index contributed by atoms with van der Waals surface area (Å²) < 4.78 is 36.6. The maximum atomic E-state index is 12.0. The zero-order chi connectivity index (χ0) is 13.9. The summed E-state index contributed by atoms with van der Waals surface area (Å²) in [6.45, 7) is 0. The van der Waals surface area contributed by atoms with E-state index in [9.17, 15) is 8.42 Å². The standard InChI is InChI=1S/C11H13N3O4S/c1-17-8-3-4-10(11(5-8)18-2)14-19(15,16)9-6-12-13-7-9/h3-7,14H,1-2H3,(H,12,13). The van der Waals surface area contributed by atoms with E-state index in [1.807, 2.05) is 0 Å². The fourth-order valence-corrected chi connectivity index (χ4v) is 2.45. The molecule has 0 saturated heterocycles. The number of benzene rings is 1. The highest BCUT2D eigenvalue weighted by Gasteiger charge is 2.17. The zero-order valence-corrected chi connectivity index (χ0v) is 11.2. The number of aromatic nitrogens is 2. The number of nitrogens with zero attached hydrogens (tertiary/aromatic N) is 1. The number of anilines is 1. The number of hydrogen-bond donors (Lipinski definition) is 2. The molecule has 0 amide bonds. The lowest BCUT2D eigenvalue weighted by Gasteiger charge is -2.12. The second-order valence-electron chi connectivity index (χ2n) is 3.61. The maximum absolute atomic E-state index is 12.0. The van der Waals surface area contributed by atoms with E-state index < -0.39 is 10.0 Å². The minimum atomic E-state index is -3.69. The van der Waals surface area contributed by atoms with E-state index in [0.717, 1.165) is 0 Å². The van der Waals surface area contributed by atoms with E-state index >= 15 is 0 Å². The van der Waals surface area contributed by atoms with E-state index in [1.54, 1.807) is 18.2 Å². The van der Waals surface area contributed by atoms with Gasteiger partial charge < -0.3 is 9.47 Å². The number of rotatable bonds is 5. The minimum absolute atomic E-state index is 0.0466. The highest BCUT2D eigenvalue weighted by Crippen LogP contribution is 2.30. The van der Waals surface area contributed by atoms with Crippen molar-refractivity contribution in [3.05, 3.63) is 30.6 Å². The Bertz CT molecular complexity index is 653. The van der Waals surface area contributed by atoms with E-state index in [4.69, 9.17) is 9.47 Å². The fraction of sp³-hybridized carbons (Fsp3) is 0.182. The first kappa shape index (κ1) is 13.2. The largest absolute Gasteiger partial charge is 0.497 e. The Kier molecular flexibility index (Phi) is 3.61. The van der Waals surface area contributed by atoms with Gasteiger partial charge >= 0.3 is 0 Å². The Labute approximate surface area is 110 Å². The topological polar surface area (TPSA) is 93.3 Å². The molecule has 0 saturated carbocycles. The summed E-state index contributed by atoms with van der Waals surface area (Å²) in [7, 11) is -0.720. The van der Waals surface area contributed by atoms with Crippen molar-refractivity contribution in [1.82, 2.24) is 10.2 Å². The molecule has 0 bridgehead atoms. The van der Waals surface area contributed by atoms with Crippen LogP contribution in [0.3, 0.4) is 0 Å². The van der Waals surface area contributed by atoms with Gasteiger partial charge in [0.1, 0.15) is 16.4 Å². The SMILES string of the molecule is COc1ccc(NS(=O)(=O)c2cn[nH]c2)c(OC)c1. The number of hydrogen-bond acceptors (Lipinski definition) is 5. The molecule has 1 aromatic heterocycles. The van der Waals surface area contributed by atoms with Crippen molar-refractivity contribution in [1.29, 1.82) is 0 Å². The van der Waals surface area contributed by atoms with Crippen molar-refractivity contribution >= 4 is 15.7 Å². The Morgan fingerprint density at radius 1 is 1.26 bits per heavy atom. The first-order valence-electron chi connectivity index (χ1n) is 5.30. The average Bonchev–Trinajstić information content (AvgIpc) is 2.93. The van der Waals surface area contributed by atoms with Gasteiger partial charge in [0.25, 0.3) is 10.0 Å². The highest BCUT2D eigenvalue weighted by molar-refractivity contribution is 7.92. The summed E-state index contributed by atoms with van der Waals surface area (Å²) in [5, 5.41) is 6.05. The summed E-state index contributed by atoms with van der Waals surface area (Å²) in [6, 6.07) is 4.79. The molecular formula is C11H13N3O4S. The monoisotopic (exact) mass is 283 g/mol. The van der Waals surface area contributed by atoms with Crippen LogP contribution in [0.25, 0.3) is 0 Å². The summed E-state index contributed by atoms with van der Waals surface area (Å²) in [5.74, 6) is 0.939. The normalized spacial score (nSPS) is 11.1. The summed E-state index contributed by atoms with van der Waals surface area (Å²) in [4.78, 5) is 0.0466. The molecule has 0 unspecified atom stereocenters. The molecule has 2 aromatic rings. The smallest absolute Gasteiger partial charge is 0.265 e. The van der Waals surface area contributed by atoms with Crippen LogP contribution in [0.4, 0.5) is 5.69 Å². The highest BCUT2D eigenvalue weighted by atomic mass is 32.2. The van der Waals surface area contributed by atoms with Gasteiger partial charge in [0.05, 0.1) is 26.1 Å². The van der Waals surface area contributed by atoms with Gasteiger partial charge in [-0.15, -0.1) is 0 Å². The van der Waals surface area contributed by atoms with Gasteiger partial charge in [-0.2, -0.15) is 5.10 Å². The van der Waals surface area contributed by atoms with Gasteiger partial charge in [-0.1, -0.05) is 0 Å². The third kappa shape index (κ3) is 2.79. The molecule has 0 aliphatic carbocycles. The molecule has 0 radical (unpaired) electrons. The van der Waals surface area contributed by atoms with E-state index in [2.05, 4.69) is 14.9 Å². The van der Waals surface area contributed by atoms with Crippen molar-refractivity contribution in [2.75, 3.05) is 18.9 Å². The maximum Gasteiger partial charge on any atom is 0.265 e. The molecule has 19 heavy (non-hydrogen) atoms. The van der Waals surface area contributed by atoms with Crippen LogP contribution >= 0.6 is 0 Å². The first-order valence-corrected chi connectivity index (χ1v) is 6.79. The van der Waals surface area contributed by atoms with Crippen LogP contribution in [0.2, 0.25) is 0 Å². The Morgan fingerprint density at radius 3 is 2.63 bits per heavy atom. The third-order valence-corrected chi connectivity index (χ3v) is 3.77. The van der Waals surface area contributed by atoms with E-state index in [-0.39, 0.29) is 4.90 Å². The van der Waals surface area contributed by atoms with Crippen molar-refractivity contribution in [2.24, 2.45) is 0 Å². The Hall–Kier alpha value is -2.22. The third-order valence-electron chi connectivity index (χ3n) is 2.44. The van der Waals surface area contributed by atoms with Crippen molar-refractivity contribution in [3.8, 4) is 11.5 Å². The molecule has 1 heterocycles. The van der Waals surface area contributed by atoms with Crippen LogP contribution in [0.1, 0.15) is 0 Å². The first-order chi connectivity index (χ1) is 9.06. The van der Waals surface area contributed by atoms with Crippen LogP contribution in [0, 0.1) is 0 Å². The lowest BCUT2D eigenvalue weighted by atomic mass is 10.3. The van der Waals surface area contributed by atoms with Crippen LogP contribution in [0.5, 0.6) is 11.5 Å². The molecule has 102 valence electrons. The van der Waals surface area contributed by atoms with Crippen LogP contribution in [-0.4, -0.2) is 32.8 Å². The number of methoxy groups -OCH3 is 2. The van der Waals surface area contributed by atoms with Crippen LogP contribution < -0.4 is 14.2 Å². The summed E-state index contributed by atoms with van der Waals surface area (Å²) in [5.41, 5.74) is 0.324. The second kappa shape index (κ2) is 5.19. The number of sulfonamides is 1. The number of ether oxygens (including phenoxy) is 2. The van der Waals surface area contributed by atoms with Crippen molar-refractivity contribution in [3.63, 3.8) is 0 Å². The Morgan fingerprint density at radius 2 is 2.05 bits per heavy atom.